The van der Waals surface area contributed by atoms with Crippen LogP contribution >= 0.6 is 11.3 Å². The molecule has 0 unspecified atom stereocenters. The van der Waals surface area contributed by atoms with Gasteiger partial charge in [-0.05, 0) is 20.8 Å². The average molecular weight is 331 g/mol. The third-order valence-electron chi connectivity index (χ3n) is 3.98. The van der Waals surface area contributed by atoms with Gasteiger partial charge in [-0.15, -0.1) is 11.3 Å². The molecule has 0 radical (unpaired) electrons. The van der Waals surface area contributed by atoms with Crippen molar-refractivity contribution in [3.8, 4) is 0 Å². The van der Waals surface area contributed by atoms with Gasteiger partial charge in [0.15, 0.2) is 0 Å². The molecule has 0 aliphatic carbocycles. The van der Waals surface area contributed by atoms with E-state index in [1.165, 1.54) is 0 Å². The van der Waals surface area contributed by atoms with Crippen molar-refractivity contribution in [1.82, 2.24) is 19.9 Å². The van der Waals surface area contributed by atoms with Gasteiger partial charge in [-0.25, -0.2) is 9.97 Å². The summed E-state index contributed by atoms with van der Waals surface area (Å²) < 4.78 is 0. The molecule has 1 saturated heterocycles. The van der Waals surface area contributed by atoms with Crippen molar-refractivity contribution in [1.29, 1.82) is 0 Å². The summed E-state index contributed by atoms with van der Waals surface area (Å²) in [6.07, 6.45) is 2.18. The quantitative estimate of drug-likeness (QED) is 0.857. The number of piperazine rings is 1. The highest BCUT2D eigenvalue weighted by molar-refractivity contribution is 7.09. The number of nitrogens with zero attached hydrogens (tertiary/aromatic N) is 5. The summed E-state index contributed by atoms with van der Waals surface area (Å²) in [5.41, 5.74) is 2.73. The normalized spacial score (nSPS) is 15.1. The number of amides is 1. The first-order chi connectivity index (χ1) is 11.0. The van der Waals surface area contributed by atoms with Crippen LogP contribution in [0.2, 0.25) is 0 Å². The van der Waals surface area contributed by atoms with Crippen LogP contribution in [-0.2, 0) is 11.2 Å². The van der Waals surface area contributed by atoms with Crippen LogP contribution in [0.1, 0.15) is 22.1 Å². The van der Waals surface area contributed by atoms with Crippen molar-refractivity contribution in [3.63, 3.8) is 0 Å². The fourth-order valence-electron chi connectivity index (χ4n) is 2.75. The van der Waals surface area contributed by atoms with Crippen molar-refractivity contribution < 1.29 is 4.79 Å². The summed E-state index contributed by atoms with van der Waals surface area (Å²) in [5, 5.41) is 2.97. The molecule has 0 N–H and O–H groups in total. The molecule has 0 spiro atoms. The van der Waals surface area contributed by atoms with E-state index < -0.39 is 0 Å². The first kappa shape index (κ1) is 15.9. The lowest BCUT2D eigenvalue weighted by Crippen LogP contribution is -2.49. The Morgan fingerprint density at radius 1 is 1.17 bits per heavy atom. The number of hydrogen-bond donors (Lipinski definition) is 0. The molecule has 0 saturated carbocycles. The average Bonchev–Trinajstić information content (AvgIpc) is 2.95. The van der Waals surface area contributed by atoms with Crippen LogP contribution in [0.3, 0.4) is 0 Å². The van der Waals surface area contributed by atoms with Gasteiger partial charge in [-0.2, -0.15) is 0 Å². The van der Waals surface area contributed by atoms with Crippen LogP contribution < -0.4 is 4.90 Å². The predicted octanol–water partition coefficient (Wildman–Crippen LogP) is 1.75. The van der Waals surface area contributed by atoms with Crippen LogP contribution in [0.25, 0.3) is 0 Å². The summed E-state index contributed by atoms with van der Waals surface area (Å²) in [4.78, 5) is 29.9. The minimum Gasteiger partial charge on any atom is -0.352 e. The van der Waals surface area contributed by atoms with E-state index in [-0.39, 0.29) is 5.91 Å². The number of aromatic nitrogens is 3. The molecule has 3 rings (SSSR count). The Balaban J connectivity index is 1.59. The third kappa shape index (κ3) is 3.67. The third-order valence-corrected chi connectivity index (χ3v) is 4.80. The molecule has 2 aromatic rings. The minimum atomic E-state index is 0.155. The van der Waals surface area contributed by atoms with Gasteiger partial charge >= 0.3 is 0 Å². The highest BCUT2D eigenvalue weighted by Crippen LogP contribution is 2.18. The maximum absolute atomic E-state index is 12.4. The zero-order valence-corrected chi connectivity index (χ0v) is 14.6. The SMILES string of the molecule is Cc1cnc(C)c(N2CCN(C(=O)Cc3csc(C)n3)CC2)n1. The molecule has 2 aromatic heterocycles. The molecule has 1 aliphatic heterocycles. The van der Waals surface area contributed by atoms with Crippen molar-refractivity contribution >= 4 is 23.1 Å². The van der Waals surface area contributed by atoms with Crippen molar-refractivity contribution in [3.05, 3.63) is 33.7 Å². The lowest BCUT2D eigenvalue weighted by atomic mass is 10.2. The van der Waals surface area contributed by atoms with Crippen LogP contribution in [-0.4, -0.2) is 51.9 Å². The van der Waals surface area contributed by atoms with E-state index in [1.807, 2.05) is 31.1 Å². The predicted molar refractivity (Wildman–Crippen MR) is 90.9 cm³/mol. The van der Waals surface area contributed by atoms with Crippen molar-refractivity contribution in [2.75, 3.05) is 31.1 Å². The van der Waals surface area contributed by atoms with E-state index in [9.17, 15) is 4.79 Å². The zero-order valence-electron chi connectivity index (χ0n) is 13.7. The van der Waals surface area contributed by atoms with E-state index >= 15 is 0 Å². The van der Waals surface area contributed by atoms with E-state index in [1.54, 1.807) is 17.5 Å². The van der Waals surface area contributed by atoms with Crippen molar-refractivity contribution in [2.24, 2.45) is 0 Å². The number of thiazole rings is 1. The number of hydrogen-bond acceptors (Lipinski definition) is 6. The van der Waals surface area contributed by atoms with Gasteiger partial charge in [-0.1, -0.05) is 0 Å². The topological polar surface area (TPSA) is 62.2 Å². The molecule has 0 aromatic carbocycles. The number of aryl methyl sites for hydroxylation is 3. The minimum absolute atomic E-state index is 0.155. The maximum Gasteiger partial charge on any atom is 0.228 e. The van der Waals surface area contributed by atoms with E-state index in [0.717, 1.165) is 54.1 Å². The zero-order chi connectivity index (χ0) is 16.4. The largest absolute Gasteiger partial charge is 0.352 e. The van der Waals surface area contributed by atoms with Crippen LogP contribution in [0, 0.1) is 20.8 Å². The Morgan fingerprint density at radius 2 is 1.91 bits per heavy atom. The summed E-state index contributed by atoms with van der Waals surface area (Å²) in [6.45, 7) is 8.91. The van der Waals surface area contributed by atoms with Gasteiger partial charge < -0.3 is 9.80 Å². The molecule has 0 bridgehead atoms. The Kier molecular flexibility index (Phi) is 4.56. The number of anilines is 1. The highest BCUT2D eigenvalue weighted by atomic mass is 32.1. The van der Waals surface area contributed by atoms with Crippen LogP contribution in [0.15, 0.2) is 11.6 Å². The second kappa shape index (κ2) is 6.62. The van der Waals surface area contributed by atoms with Gasteiger partial charge in [0, 0.05) is 37.8 Å². The monoisotopic (exact) mass is 331 g/mol. The highest BCUT2D eigenvalue weighted by Gasteiger charge is 2.23. The van der Waals surface area contributed by atoms with Gasteiger partial charge in [0.2, 0.25) is 5.91 Å². The molecule has 23 heavy (non-hydrogen) atoms. The fourth-order valence-corrected chi connectivity index (χ4v) is 3.36. The summed E-state index contributed by atoms with van der Waals surface area (Å²) in [6, 6.07) is 0. The maximum atomic E-state index is 12.4. The first-order valence-electron chi connectivity index (χ1n) is 7.77. The van der Waals surface area contributed by atoms with E-state index in [4.69, 9.17) is 0 Å². The second-order valence-corrected chi connectivity index (χ2v) is 6.89. The Hall–Kier alpha value is -2.02. The number of carbonyl (C=O) groups is 1. The Morgan fingerprint density at radius 3 is 2.57 bits per heavy atom. The van der Waals surface area contributed by atoms with Gasteiger partial charge in [0.25, 0.3) is 0 Å². The standard InChI is InChI=1S/C16H21N5OS/c1-11-9-17-12(2)16(18-11)21-6-4-20(5-7-21)15(22)8-14-10-23-13(3)19-14/h9-10H,4-8H2,1-3H3. The van der Waals surface area contributed by atoms with Gasteiger partial charge in [-0.3, -0.25) is 9.78 Å². The molecule has 3 heterocycles. The molecule has 1 fully saturated rings. The van der Waals surface area contributed by atoms with E-state index in [0.29, 0.717) is 6.42 Å². The van der Waals surface area contributed by atoms with E-state index in [2.05, 4.69) is 19.9 Å². The van der Waals surface area contributed by atoms with Crippen LogP contribution in [0.5, 0.6) is 0 Å². The summed E-state index contributed by atoms with van der Waals surface area (Å²) in [5.74, 6) is 1.09. The summed E-state index contributed by atoms with van der Waals surface area (Å²) in [7, 11) is 0. The van der Waals surface area contributed by atoms with Gasteiger partial charge in [0.05, 0.1) is 28.5 Å². The van der Waals surface area contributed by atoms with Gasteiger partial charge in [0.1, 0.15) is 5.82 Å². The molecule has 7 heteroatoms. The molecule has 122 valence electrons. The molecule has 1 amide bonds. The molecule has 0 atom stereocenters. The van der Waals surface area contributed by atoms with Crippen LogP contribution in [0.4, 0.5) is 5.82 Å². The number of carbonyl (C=O) groups excluding carboxylic acids is 1. The fraction of sp³-hybridized carbons (Fsp3) is 0.500. The molecular weight excluding hydrogens is 310 g/mol. The lowest BCUT2D eigenvalue weighted by Gasteiger charge is -2.35. The Bertz CT molecular complexity index is 706. The smallest absolute Gasteiger partial charge is 0.228 e. The van der Waals surface area contributed by atoms with Crippen molar-refractivity contribution in [2.45, 2.75) is 27.2 Å². The second-order valence-electron chi connectivity index (χ2n) is 5.82. The molecular formula is C16H21N5OS. The first-order valence-corrected chi connectivity index (χ1v) is 8.65. The lowest BCUT2D eigenvalue weighted by molar-refractivity contribution is -0.130. The number of rotatable bonds is 3. The Labute approximate surface area is 140 Å². The molecule has 1 aliphatic rings. The molecule has 6 nitrogen and oxygen atoms in total. The summed E-state index contributed by atoms with van der Waals surface area (Å²) >= 11 is 1.59.